The summed E-state index contributed by atoms with van der Waals surface area (Å²) in [5.74, 6) is -0.269. The van der Waals surface area contributed by atoms with E-state index in [1.54, 1.807) is 23.9 Å². The number of hydrogen-bond acceptors (Lipinski definition) is 3. The Bertz CT molecular complexity index is 561. The highest BCUT2D eigenvalue weighted by Crippen LogP contribution is 2.28. The first-order chi connectivity index (χ1) is 8.99. The van der Waals surface area contributed by atoms with Crippen LogP contribution >= 0.6 is 15.9 Å². The molecule has 6 heteroatoms. The molecule has 102 valence electrons. The zero-order chi connectivity index (χ0) is 14.0. The predicted molar refractivity (Wildman–Crippen MR) is 76.1 cm³/mol. The predicted octanol–water partition coefficient (Wildman–Crippen LogP) is 2.88. The maximum Gasteiger partial charge on any atom is 0.156 e. The smallest absolute Gasteiger partial charge is 0.156 e. The van der Waals surface area contributed by atoms with Crippen molar-refractivity contribution in [2.75, 3.05) is 0 Å². The van der Waals surface area contributed by atoms with E-state index in [9.17, 15) is 4.39 Å². The van der Waals surface area contributed by atoms with E-state index in [2.05, 4.69) is 45.4 Å². The quantitative estimate of drug-likeness (QED) is 0.939. The molecule has 1 aromatic heterocycles. The highest BCUT2D eigenvalue weighted by atomic mass is 79.9. The van der Waals surface area contributed by atoms with Crippen molar-refractivity contribution < 1.29 is 4.39 Å². The van der Waals surface area contributed by atoms with E-state index in [0.717, 1.165) is 5.56 Å². The molecule has 0 saturated carbocycles. The first-order valence-electron chi connectivity index (χ1n) is 6.06. The van der Waals surface area contributed by atoms with Crippen LogP contribution in [0.5, 0.6) is 0 Å². The molecule has 0 aliphatic heterocycles. The number of nitrogens with zero attached hydrogens (tertiary/aromatic N) is 3. The molecule has 1 aromatic carbocycles. The summed E-state index contributed by atoms with van der Waals surface area (Å²) < 4.78 is 16.3. The van der Waals surface area contributed by atoms with Gasteiger partial charge in [-0.2, -0.15) is 0 Å². The molecule has 0 atom stereocenters. The van der Waals surface area contributed by atoms with E-state index in [1.165, 1.54) is 0 Å². The number of aryl methyl sites for hydroxylation is 1. The largest absolute Gasteiger partial charge is 0.310 e. The minimum Gasteiger partial charge on any atom is -0.310 e. The summed E-state index contributed by atoms with van der Waals surface area (Å²) in [5.41, 5.74) is 2.05. The Morgan fingerprint density at radius 3 is 2.68 bits per heavy atom. The second kappa shape index (κ2) is 5.79. The number of benzene rings is 1. The van der Waals surface area contributed by atoms with Crippen molar-refractivity contribution in [1.82, 2.24) is 20.3 Å². The van der Waals surface area contributed by atoms with Gasteiger partial charge in [-0.3, -0.25) is 0 Å². The summed E-state index contributed by atoms with van der Waals surface area (Å²) in [6.45, 7) is 4.77. The van der Waals surface area contributed by atoms with Crippen LogP contribution in [0, 0.1) is 5.82 Å². The van der Waals surface area contributed by atoms with Crippen LogP contribution in [0.3, 0.4) is 0 Å². The van der Waals surface area contributed by atoms with E-state index >= 15 is 0 Å². The van der Waals surface area contributed by atoms with Crippen LogP contribution in [0.4, 0.5) is 4.39 Å². The monoisotopic (exact) mass is 326 g/mol. The number of hydrogen-bond donors (Lipinski definition) is 1. The molecule has 1 heterocycles. The van der Waals surface area contributed by atoms with Crippen molar-refractivity contribution in [2.45, 2.75) is 26.4 Å². The maximum atomic E-state index is 14.2. The summed E-state index contributed by atoms with van der Waals surface area (Å²) >= 11 is 3.28. The molecule has 0 amide bonds. The lowest BCUT2D eigenvalue weighted by molar-refractivity contribution is 0.581. The van der Waals surface area contributed by atoms with Crippen LogP contribution < -0.4 is 5.32 Å². The maximum absolute atomic E-state index is 14.2. The average molecular weight is 327 g/mol. The van der Waals surface area contributed by atoms with E-state index < -0.39 is 0 Å². The summed E-state index contributed by atoms with van der Waals surface area (Å²) in [5, 5.41) is 11.0. The highest BCUT2D eigenvalue weighted by molar-refractivity contribution is 9.10. The second-order valence-electron chi connectivity index (χ2n) is 4.70. The van der Waals surface area contributed by atoms with Gasteiger partial charge in [-0.25, -0.2) is 9.07 Å². The fraction of sp³-hybridized carbons (Fsp3) is 0.385. The van der Waals surface area contributed by atoms with Crippen LogP contribution in [0.2, 0.25) is 0 Å². The Morgan fingerprint density at radius 2 is 2.16 bits per heavy atom. The lowest BCUT2D eigenvalue weighted by Gasteiger charge is -2.10. The van der Waals surface area contributed by atoms with Gasteiger partial charge >= 0.3 is 0 Å². The third-order valence-electron chi connectivity index (χ3n) is 2.79. The summed E-state index contributed by atoms with van der Waals surface area (Å²) in [4.78, 5) is 0. The van der Waals surface area contributed by atoms with Crippen molar-refractivity contribution >= 4 is 15.9 Å². The van der Waals surface area contributed by atoms with Crippen LogP contribution in [0.1, 0.15) is 19.4 Å². The highest BCUT2D eigenvalue weighted by Gasteiger charge is 2.15. The van der Waals surface area contributed by atoms with Gasteiger partial charge in [0.05, 0.1) is 0 Å². The fourth-order valence-electron chi connectivity index (χ4n) is 1.80. The molecular formula is C13H16BrFN4. The third kappa shape index (κ3) is 3.19. The molecule has 1 N–H and O–H groups in total. The third-order valence-corrected chi connectivity index (χ3v) is 3.32. The van der Waals surface area contributed by atoms with E-state index in [-0.39, 0.29) is 5.82 Å². The number of rotatable bonds is 4. The Kier molecular flexibility index (Phi) is 4.31. The van der Waals surface area contributed by atoms with Gasteiger partial charge in [0.25, 0.3) is 0 Å². The average Bonchev–Trinajstić information content (AvgIpc) is 2.67. The Morgan fingerprint density at radius 1 is 1.42 bits per heavy atom. The van der Waals surface area contributed by atoms with Crippen molar-refractivity contribution in [3.8, 4) is 11.3 Å². The first-order valence-corrected chi connectivity index (χ1v) is 6.85. The van der Waals surface area contributed by atoms with Crippen molar-refractivity contribution in [1.29, 1.82) is 0 Å². The molecule has 4 nitrogen and oxygen atoms in total. The Balaban J connectivity index is 2.30. The lowest BCUT2D eigenvalue weighted by Crippen LogP contribution is -2.21. The van der Waals surface area contributed by atoms with Crippen molar-refractivity contribution in [3.63, 3.8) is 0 Å². The van der Waals surface area contributed by atoms with Crippen LogP contribution in [0.15, 0.2) is 22.8 Å². The first kappa shape index (κ1) is 14.1. The number of halogens is 2. The molecule has 2 rings (SSSR count). The summed E-state index contributed by atoms with van der Waals surface area (Å²) in [7, 11) is 1.74. The van der Waals surface area contributed by atoms with Crippen molar-refractivity contribution in [3.05, 3.63) is 34.2 Å². The van der Waals surface area contributed by atoms with E-state index in [1.807, 2.05) is 6.07 Å². The Labute approximate surface area is 120 Å². The van der Waals surface area contributed by atoms with Gasteiger partial charge in [0.1, 0.15) is 11.5 Å². The Hall–Kier alpha value is -1.27. The zero-order valence-electron chi connectivity index (χ0n) is 11.1. The lowest BCUT2D eigenvalue weighted by atomic mass is 10.1. The van der Waals surface area contributed by atoms with Gasteiger partial charge in [-0.1, -0.05) is 25.1 Å². The molecule has 19 heavy (non-hydrogen) atoms. The molecule has 0 aliphatic carbocycles. The van der Waals surface area contributed by atoms with E-state index in [0.29, 0.717) is 28.4 Å². The molecule has 2 aromatic rings. The minimum absolute atomic E-state index is 0.269. The van der Waals surface area contributed by atoms with Gasteiger partial charge in [0.15, 0.2) is 4.60 Å². The molecule has 0 aliphatic rings. The van der Waals surface area contributed by atoms with Crippen LogP contribution in [0.25, 0.3) is 11.3 Å². The van der Waals surface area contributed by atoms with Gasteiger partial charge in [0.2, 0.25) is 0 Å². The topological polar surface area (TPSA) is 42.7 Å². The van der Waals surface area contributed by atoms with Gasteiger partial charge in [-0.15, -0.1) is 5.10 Å². The number of aromatic nitrogens is 3. The van der Waals surface area contributed by atoms with Gasteiger partial charge in [0, 0.05) is 25.2 Å². The summed E-state index contributed by atoms with van der Waals surface area (Å²) in [6, 6.07) is 5.59. The molecule has 0 unspecified atom stereocenters. The number of nitrogens with one attached hydrogen (secondary N) is 1. The molecule has 0 radical (unpaired) electrons. The van der Waals surface area contributed by atoms with Gasteiger partial charge in [-0.05, 0) is 33.6 Å². The fourth-order valence-corrected chi connectivity index (χ4v) is 2.34. The molecular weight excluding hydrogens is 311 g/mol. The van der Waals surface area contributed by atoms with E-state index in [4.69, 9.17) is 0 Å². The van der Waals surface area contributed by atoms with Crippen LogP contribution in [-0.4, -0.2) is 21.0 Å². The molecule has 0 spiro atoms. The minimum atomic E-state index is -0.269. The molecule has 0 saturated heterocycles. The van der Waals surface area contributed by atoms with Crippen LogP contribution in [-0.2, 0) is 13.6 Å². The normalized spacial score (nSPS) is 11.3. The van der Waals surface area contributed by atoms with Crippen molar-refractivity contribution in [2.24, 2.45) is 7.05 Å². The summed E-state index contributed by atoms with van der Waals surface area (Å²) in [6.07, 6.45) is 0. The zero-order valence-corrected chi connectivity index (χ0v) is 12.7. The second-order valence-corrected chi connectivity index (χ2v) is 5.45. The standard InChI is InChI=1S/C13H16BrFN4/c1-8(2)16-7-9-4-5-10(11(15)6-9)12-13(14)17-18-19(12)3/h4-6,8,16H,7H2,1-3H3. The SMILES string of the molecule is CC(C)NCc1ccc(-c2c(Br)nnn2C)c(F)c1. The molecule has 0 fully saturated rings. The van der Waals surface area contributed by atoms with Gasteiger partial charge < -0.3 is 5.32 Å². The molecule has 0 bridgehead atoms.